The molecule has 0 radical (unpaired) electrons. The molecule has 1 aromatic carbocycles. The van der Waals surface area contributed by atoms with Crippen LogP contribution >= 0.6 is 0 Å². The van der Waals surface area contributed by atoms with Gasteiger partial charge in [0.2, 0.25) is 5.91 Å². The summed E-state index contributed by atoms with van der Waals surface area (Å²) in [7, 11) is 0. The standard InChI is InChI=1S/C28H46N4O4/c1-28(2,36)19-25(33)23(17-20-9-5-3-6-10-20)30-26(34)24(18-21-11-7-4-8-12-21)31-27(35)32-15-13-22(29)14-16-32/h4,7-8,11-12,20,22-25,33,36H,3,5-6,9-10,13-19,29H2,1-2H3,(H,30,34)(H,31,35)/t23-,24-,25-/m0/s1. The van der Waals surface area contributed by atoms with E-state index in [0.717, 1.165) is 31.2 Å². The number of benzene rings is 1. The smallest absolute Gasteiger partial charge is 0.318 e. The first-order chi connectivity index (χ1) is 17.1. The number of aliphatic hydroxyl groups excluding tert-OH is 1. The minimum atomic E-state index is -1.05. The van der Waals surface area contributed by atoms with Gasteiger partial charge in [0.25, 0.3) is 0 Å². The molecular weight excluding hydrogens is 456 g/mol. The Kier molecular flexibility index (Phi) is 10.6. The van der Waals surface area contributed by atoms with Gasteiger partial charge >= 0.3 is 6.03 Å². The molecule has 1 aliphatic carbocycles. The number of nitrogens with one attached hydrogen (secondary N) is 2. The van der Waals surface area contributed by atoms with E-state index in [0.29, 0.717) is 31.8 Å². The Labute approximate surface area is 216 Å². The fourth-order valence-electron chi connectivity index (χ4n) is 5.43. The average molecular weight is 503 g/mol. The fourth-order valence-corrected chi connectivity index (χ4v) is 5.43. The van der Waals surface area contributed by atoms with Crippen LogP contribution < -0.4 is 16.4 Å². The first-order valence-corrected chi connectivity index (χ1v) is 13.7. The van der Waals surface area contributed by atoms with Crippen LogP contribution in [0, 0.1) is 5.92 Å². The van der Waals surface area contributed by atoms with Crippen LogP contribution in [0.15, 0.2) is 30.3 Å². The van der Waals surface area contributed by atoms with Crippen LogP contribution in [0.1, 0.15) is 77.2 Å². The number of hydrogen-bond donors (Lipinski definition) is 5. The zero-order valence-corrected chi connectivity index (χ0v) is 22.0. The van der Waals surface area contributed by atoms with Gasteiger partial charge in [0.1, 0.15) is 6.04 Å². The summed E-state index contributed by atoms with van der Waals surface area (Å²) in [5, 5.41) is 27.4. The highest BCUT2D eigenvalue weighted by atomic mass is 16.3. The lowest BCUT2D eigenvalue weighted by molar-refractivity contribution is -0.125. The van der Waals surface area contributed by atoms with Gasteiger partial charge in [-0.2, -0.15) is 0 Å². The molecule has 3 atom stereocenters. The van der Waals surface area contributed by atoms with E-state index in [4.69, 9.17) is 5.73 Å². The Balaban J connectivity index is 1.73. The van der Waals surface area contributed by atoms with Crippen molar-refractivity contribution in [2.45, 2.75) is 108 Å². The first-order valence-electron chi connectivity index (χ1n) is 13.7. The maximum absolute atomic E-state index is 13.6. The van der Waals surface area contributed by atoms with Gasteiger partial charge in [-0.15, -0.1) is 0 Å². The molecule has 2 aliphatic rings. The quantitative estimate of drug-likeness (QED) is 0.336. The maximum Gasteiger partial charge on any atom is 0.318 e. The Morgan fingerprint density at radius 3 is 2.31 bits per heavy atom. The lowest BCUT2D eigenvalue weighted by atomic mass is 9.82. The molecule has 8 heteroatoms. The minimum absolute atomic E-state index is 0.107. The number of rotatable bonds is 10. The lowest BCUT2D eigenvalue weighted by Gasteiger charge is -2.34. The van der Waals surface area contributed by atoms with Gasteiger partial charge in [-0.05, 0) is 44.6 Å². The van der Waals surface area contributed by atoms with Gasteiger partial charge in [0, 0.05) is 32.0 Å². The van der Waals surface area contributed by atoms with E-state index in [2.05, 4.69) is 10.6 Å². The van der Waals surface area contributed by atoms with E-state index in [9.17, 15) is 19.8 Å². The van der Waals surface area contributed by atoms with Crippen LogP contribution in [0.3, 0.4) is 0 Å². The van der Waals surface area contributed by atoms with E-state index in [1.807, 2.05) is 30.3 Å². The highest BCUT2D eigenvalue weighted by Gasteiger charge is 2.33. The van der Waals surface area contributed by atoms with Crippen molar-refractivity contribution in [2.24, 2.45) is 11.7 Å². The molecular formula is C28H46N4O4. The summed E-state index contributed by atoms with van der Waals surface area (Å²) in [5.74, 6) is 0.122. The second kappa shape index (κ2) is 13.4. The highest BCUT2D eigenvalue weighted by Crippen LogP contribution is 2.29. The predicted molar refractivity (Wildman–Crippen MR) is 141 cm³/mol. The molecule has 0 bridgehead atoms. The van der Waals surface area contributed by atoms with Crippen molar-refractivity contribution in [3.8, 4) is 0 Å². The number of hydrogen-bond acceptors (Lipinski definition) is 5. The predicted octanol–water partition coefficient (Wildman–Crippen LogP) is 2.71. The number of aliphatic hydroxyl groups is 2. The van der Waals surface area contributed by atoms with Crippen LogP contribution in [0.4, 0.5) is 4.79 Å². The van der Waals surface area contributed by atoms with Crippen LogP contribution in [-0.2, 0) is 11.2 Å². The Morgan fingerprint density at radius 1 is 1.06 bits per heavy atom. The number of nitrogens with zero attached hydrogens (tertiary/aromatic N) is 1. The third kappa shape index (κ3) is 9.37. The zero-order chi connectivity index (χ0) is 26.1. The molecule has 0 spiro atoms. The maximum atomic E-state index is 13.6. The van der Waals surface area contributed by atoms with Crippen LogP contribution in [0.25, 0.3) is 0 Å². The van der Waals surface area contributed by atoms with Gasteiger partial charge in [0.05, 0.1) is 17.7 Å². The molecule has 1 aromatic rings. The summed E-state index contributed by atoms with van der Waals surface area (Å²) in [6.45, 7) is 4.47. The number of urea groups is 1. The van der Waals surface area contributed by atoms with E-state index < -0.39 is 23.8 Å². The number of amides is 3. The number of carbonyl (C=O) groups excluding carboxylic acids is 2. The van der Waals surface area contributed by atoms with Crippen LogP contribution in [0.2, 0.25) is 0 Å². The van der Waals surface area contributed by atoms with Crippen molar-refractivity contribution in [3.05, 3.63) is 35.9 Å². The molecule has 1 saturated heterocycles. The van der Waals surface area contributed by atoms with Crippen molar-refractivity contribution in [2.75, 3.05) is 13.1 Å². The summed E-state index contributed by atoms with van der Waals surface area (Å²) in [4.78, 5) is 28.4. The number of nitrogens with two attached hydrogens (primary N) is 1. The molecule has 0 unspecified atom stereocenters. The molecule has 202 valence electrons. The van der Waals surface area contributed by atoms with Crippen LogP contribution in [0.5, 0.6) is 0 Å². The van der Waals surface area contributed by atoms with Gasteiger partial charge in [-0.1, -0.05) is 62.4 Å². The summed E-state index contributed by atoms with van der Waals surface area (Å²) < 4.78 is 0. The van der Waals surface area contributed by atoms with E-state index >= 15 is 0 Å². The lowest BCUT2D eigenvalue weighted by Crippen LogP contribution is -2.57. The SMILES string of the molecule is CC(C)(O)C[C@H](O)[C@H](CC1CCCCC1)NC(=O)[C@H](Cc1ccccc1)NC(=O)N1CCC(N)CC1. The molecule has 1 saturated carbocycles. The first kappa shape index (κ1) is 28.4. The normalized spacial score (nSPS) is 20.4. The van der Waals surface area contributed by atoms with Gasteiger partial charge in [0.15, 0.2) is 0 Å². The number of carbonyl (C=O) groups is 2. The van der Waals surface area contributed by atoms with Gasteiger partial charge < -0.3 is 31.5 Å². The van der Waals surface area contributed by atoms with Crippen molar-refractivity contribution < 1.29 is 19.8 Å². The van der Waals surface area contributed by atoms with Crippen molar-refractivity contribution in [1.29, 1.82) is 0 Å². The summed E-state index contributed by atoms with van der Waals surface area (Å²) in [6.07, 6.45) is 7.52. The average Bonchev–Trinajstić information content (AvgIpc) is 2.83. The number of piperidine rings is 1. The van der Waals surface area contributed by atoms with E-state index in [1.54, 1.807) is 18.7 Å². The molecule has 3 rings (SSSR count). The summed E-state index contributed by atoms with van der Waals surface area (Å²) >= 11 is 0. The van der Waals surface area contributed by atoms with Crippen molar-refractivity contribution >= 4 is 11.9 Å². The largest absolute Gasteiger partial charge is 0.391 e. The monoisotopic (exact) mass is 502 g/mol. The van der Waals surface area contributed by atoms with E-state index in [1.165, 1.54) is 19.3 Å². The minimum Gasteiger partial charge on any atom is -0.391 e. The van der Waals surface area contributed by atoms with E-state index in [-0.39, 0.29) is 24.4 Å². The molecule has 1 aliphatic heterocycles. The summed E-state index contributed by atoms with van der Waals surface area (Å²) in [5.41, 5.74) is 5.88. The number of likely N-dealkylation sites (tertiary alicyclic amines) is 1. The van der Waals surface area contributed by atoms with Crippen molar-refractivity contribution in [3.63, 3.8) is 0 Å². The molecule has 1 heterocycles. The molecule has 6 N–H and O–H groups in total. The summed E-state index contributed by atoms with van der Waals surface area (Å²) in [6, 6.07) is 8.20. The molecule has 3 amide bonds. The highest BCUT2D eigenvalue weighted by molar-refractivity contribution is 5.87. The Bertz CT molecular complexity index is 815. The third-order valence-electron chi connectivity index (χ3n) is 7.54. The second-order valence-electron chi connectivity index (χ2n) is 11.5. The van der Waals surface area contributed by atoms with Crippen molar-refractivity contribution in [1.82, 2.24) is 15.5 Å². The molecule has 0 aromatic heterocycles. The molecule has 8 nitrogen and oxygen atoms in total. The zero-order valence-electron chi connectivity index (χ0n) is 22.0. The van der Waals surface area contributed by atoms with Gasteiger partial charge in [-0.25, -0.2) is 4.79 Å². The molecule has 2 fully saturated rings. The fraction of sp³-hybridized carbons (Fsp3) is 0.714. The second-order valence-corrected chi connectivity index (χ2v) is 11.5. The Hall–Kier alpha value is -2.16. The Morgan fingerprint density at radius 2 is 1.69 bits per heavy atom. The third-order valence-corrected chi connectivity index (χ3v) is 7.54. The molecule has 36 heavy (non-hydrogen) atoms. The topological polar surface area (TPSA) is 128 Å². The van der Waals surface area contributed by atoms with Crippen LogP contribution in [-0.4, -0.2) is 70.0 Å². The van der Waals surface area contributed by atoms with Gasteiger partial charge in [-0.3, -0.25) is 4.79 Å².